The molecule has 2 aromatic rings. The van der Waals surface area contributed by atoms with Gasteiger partial charge in [0.25, 0.3) is 10.1 Å². The van der Waals surface area contributed by atoms with E-state index in [0.29, 0.717) is 18.4 Å². The van der Waals surface area contributed by atoms with Crippen LogP contribution in [0, 0.1) is 12.8 Å². The van der Waals surface area contributed by atoms with Crippen molar-refractivity contribution < 1.29 is 18.1 Å². The fraction of sp³-hybridized carbons (Fsp3) is 0.455. The van der Waals surface area contributed by atoms with Gasteiger partial charge in [-0.05, 0) is 49.3 Å². The maximum atomic E-state index is 11.8. The summed E-state index contributed by atoms with van der Waals surface area (Å²) in [5, 5.41) is 11.7. The molecular weight excluding hydrogens is 360 g/mol. The van der Waals surface area contributed by atoms with Crippen LogP contribution in [0.3, 0.4) is 0 Å². The number of aryl methyl sites for hydroxylation is 1. The van der Waals surface area contributed by atoms with E-state index in [1.54, 1.807) is 12.1 Å². The predicted molar refractivity (Wildman–Crippen MR) is 106 cm³/mol. The summed E-state index contributed by atoms with van der Waals surface area (Å²) in [5.41, 5.74) is 1.72. The summed E-state index contributed by atoms with van der Waals surface area (Å²) in [5.74, 6) is -0.119. The van der Waals surface area contributed by atoms with Crippen LogP contribution in [0.2, 0.25) is 0 Å². The lowest BCUT2D eigenvalue weighted by Crippen LogP contribution is -2.45. The van der Waals surface area contributed by atoms with Crippen LogP contribution in [-0.2, 0) is 16.5 Å². The Morgan fingerprint density at radius 1 is 1.15 bits per heavy atom. The van der Waals surface area contributed by atoms with Crippen LogP contribution in [0.5, 0.6) is 0 Å². The van der Waals surface area contributed by atoms with Crippen molar-refractivity contribution in [2.45, 2.75) is 62.4 Å². The molecule has 1 saturated carbocycles. The topological polar surface area (TPSA) is 74.6 Å². The minimum absolute atomic E-state index is 0.0291. The van der Waals surface area contributed by atoms with Gasteiger partial charge in [0.05, 0.1) is 10.5 Å². The maximum absolute atomic E-state index is 11.8. The number of aliphatic hydroxyl groups is 1. The lowest BCUT2D eigenvalue weighted by molar-refractivity contribution is -0.0620. The average molecular weight is 389 g/mol. The SMILES string of the molecule is Cc1ccc(S(=O)(=O)O)c(CC(C)C2(O)CCCCC2c2ccccc2)c1. The van der Waals surface area contributed by atoms with Gasteiger partial charge in [0.1, 0.15) is 0 Å². The Kier molecular flexibility index (Phi) is 5.75. The summed E-state index contributed by atoms with van der Waals surface area (Å²) in [6, 6.07) is 15.0. The molecule has 2 N–H and O–H groups in total. The van der Waals surface area contributed by atoms with Gasteiger partial charge in [-0.25, -0.2) is 0 Å². The number of hydrogen-bond donors (Lipinski definition) is 2. The molecule has 1 aliphatic carbocycles. The van der Waals surface area contributed by atoms with Gasteiger partial charge < -0.3 is 5.11 Å². The van der Waals surface area contributed by atoms with Crippen molar-refractivity contribution >= 4 is 10.1 Å². The van der Waals surface area contributed by atoms with E-state index in [1.807, 2.05) is 32.0 Å². The van der Waals surface area contributed by atoms with Crippen LogP contribution in [-0.4, -0.2) is 23.7 Å². The Hall–Kier alpha value is -1.69. The number of rotatable bonds is 5. The molecule has 1 aliphatic rings. The zero-order chi connectivity index (χ0) is 19.7. The van der Waals surface area contributed by atoms with Gasteiger partial charge in [-0.3, -0.25) is 4.55 Å². The van der Waals surface area contributed by atoms with Crippen LogP contribution >= 0.6 is 0 Å². The molecule has 146 valence electrons. The van der Waals surface area contributed by atoms with Crippen LogP contribution in [0.15, 0.2) is 53.4 Å². The molecule has 2 aromatic carbocycles. The molecule has 0 radical (unpaired) electrons. The first-order valence-electron chi connectivity index (χ1n) is 9.56. The highest BCUT2D eigenvalue weighted by Crippen LogP contribution is 2.46. The summed E-state index contributed by atoms with van der Waals surface area (Å²) in [4.78, 5) is -0.0596. The van der Waals surface area contributed by atoms with E-state index in [2.05, 4.69) is 12.1 Å². The van der Waals surface area contributed by atoms with Gasteiger partial charge in [-0.1, -0.05) is 67.8 Å². The van der Waals surface area contributed by atoms with E-state index in [1.165, 1.54) is 6.07 Å². The van der Waals surface area contributed by atoms with E-state index in [-0.39, 0.29) is 16.7 Å². The van der Waals surface area contributed by atoms with Gasteiger partial charge in [-0.15, -0.1) is 0 Å². The first-order valence-corrected chi connectivity index (χ1v) is 11.0. The van der Waals surface area contributed by atoms with Crippen molar-refractivity contribution in [3.8, 4) is 0 Å². The third kappa shape index (κ3) is 4.26. The fourth-order valence-corrected chi connectivity index (χ4v) is 5.25. The second-order valence-corrected chi connectivity index (χ2v) is 9.28. The molecular formula is C22H28O4S. The summed E-state index contributed by atoms with van der Waals surface area (Å²) in [6.07, 6.45) is 4.06. The van der Waals surface area contributed by atoms with E-state index in [9.17, 15) is 18.1 Å². The molecule has 27 heavy (non-hydrogen) atoms. The molecule has 3 unspecified atom stereocenters. The van der Waals surface area contributed by atoms with Gasteiger partial charge in [0.15, 0.2) is 0 Å². The highest BCUT2D eigenvalue weighted by Gasteiger charge is 2.44. The standard InChI is InChI=1S/C22H28O4S/c1-16-11-12-21(27(24,25)26)19(14-16)15-17(2)22(23)13-7-6-10-20(22)18-8-4-3-5-9-18/h3-5,8-9,11-12,14,17,20,23H,6-7,10,13,15H2,1-2H3,(H,24,25,26). The monoisotopic (exact) mass is 388 g/mol. The Balaban J connectivity index is 1.95. The van der Waals surface area contributed by atoms with Crippen molar-refractivity contribution in [3.63, 3.8) is 0 Å². The van der Waals surface area contributed by atoms with Crippen molar-refractivity contribution in [1.82, 2.24) is 0 Å². The van der Waals surface area contributed by atoms with Crippen LogP contribution in [0.25, 0.3) is 0 Å². The number of hydrogen-bond acceptors (Lipinski definition) is 3. The van der Waals surface area contributed by atoms with E-state index in [4.69, 9.17) is 0 Å². The Labute approximate surface area is 162 Å². The van der Waals surface area contributed by atoms with E-state index >= 15 is 0 Å². The summed E-state index contributed by atoms with van der Waals surface area (Å²) in [6.45, 7) is 3.88. The largest absolute Gasteiger partial charge is 0.389 e. The maximum Gasteiger partial charge on any atom is 0.294 e. The predicted octanol–water partition coefficient (Wildman–Crippen LogP) is 4.51. The van der Waals surface area contributed by atoms with Gasteiger partial charge >= 0.3 is 0 Å². The second kappa shape index (κ2) is 7.74. The zero-order valence-corrected chi connectivity index (χ0v) is 16.7. The molecule has 0 bridgehead atoms. The highest BCUT2D eigenvalue weighted by molar-refractivity contribution is 7.85. The van der Waals surface area contributed by atoms with Crippen LogP contribution < -0.4 is 0 Å². The molecule has 5 heteroatoms. The highest BCUT2D eigenvalue weighted by atomic mass is 32.2. The first kappa shape index (κ1) is 20.1. The van der Waals surface area contributed by atoms with Crippen molar-refractivity contribution in [1.29, 1.82) is 0 Å². The van der Waals surface area contributed by atoms with E-state index in [0.717, 1.165) is 30.4 Å². The first-order chi connectivity index (χ1) is 12.7. The minimum atomic E-state index is -4.29. The zero-order valence-electron chi connectivity index (χ0n) is 15.9. The third-order valence-electron chi connectivity index (χ3n) is 6.00. The van der Waals surface area contributed by atoms with Crippen LogP contribution in [0.4, 0.5) is 0 Å². The molecule has 3 atom stereocenters. The number of benzene rings is 2. The Morgan fingerprint density at radius 3 is 2.52 bits per heavy atom. The van der Waals surface area contributed by atoms with Crippen molar-refractivity contribution in [2.75, 3.05) is 0 Å². The second-order valence-electron chi connectivity index (χ2n) is 7.89. The molecule has 0 aliphatic heterocycles. The quantitative estimate of drug-likeness (QED) is 0.739. The average Bonchev–Trinajstić information content (AvgIpc) is 2.62. The molecule has 1 fully saturated rings. The molecule has 0 amide bonds. The van der Waals surface area contributed by atoms with Gasteiger partial charge in [-0.2, -0.15) is 8.42 Å². The van der Waals surface area contributed by atoms with Crippen molar-refractivity contribution in [3.05, 3.63) is 65.2 Å². The fourth-order valence-electron chi connectivity index (χ4n) is 4.54. The van der Waals surface area contributed by atoms with E-state index < -0.39 is 15.7 Å². The molecule has 0 spiro atoms. The molecule has 0 heterocycles. The summed E-state index contributed by atoms with van der Waals surface area (Å²) >= 11 is 0. The van der Waals surface area contributed by atoms with Crippen LogP contribution in [0.1, 0.15) is 55.2 Å². The van der Waals surface area contributed by atoms with Gasteiger partial charge in [0.2, 0.25) is 0 Å². The molecule has 0 saturated heterocycles. The summed E-state index contributed by atoms with van der Waals surface area (Å²) in [7, 11) is -4.29. The Morgan fingerprint density at radius 2 is 1.85 bits per heavy atom. The minimum Gasteiger partial charge on any atom is -0.389 e. The molecule has 3 rings (SSSR count). The lowest BCUT2D eigenvalue weighted by Gasteiger charge is -2.45. The third-order valence-corrected chi connectivity index (χ3v) is 6.95. The Bertz CT molecular complexity index is 892. The lowest BCUT2D eigenvalue weighted by atomic mass is 9.65. The van der Waals surface area contributed by atoms with Gasteiger partial charge in [0, 0.05) is 5.92 Å². The molecule has 4 nitrogen and oxygen atoms in total. The molecule has 0 aromatic heterocycles. The smallest absolute Gasteiger partial charge is 0.294 e. The summed E-state index contributed by atoms with van der Waals surface area (Å²) < 4.78 is 33.2. The van der Waals surface area contributed by atoms with Crippen molar-refractivity contribution in [2.24, 2.45) is 5.92 Å². The normalized spacial score (nSPS) is 24.5.